The summed E-state index contributed by atoms with van der Waals surface area (Å²) < 4.78 is 45.3. The summed E-state index contributed by atoms with van der Waals surface area (Å²) in [5, 5.41) is 0. The Morgan fingerprint density at radius 2 is 1.07 bits per heavy atom. The van der Waals surface area contributed by atoms with Crippen LogP contribution in [-0.2, 0) is 69.2 Å². The molecule has 0 aromatic heterocycles. The lowest BCUT2D eigenvalue weighted by Crippen LogP contribution is -2.62. The number of unbranched alkanes of at least 4 members (excludes halogenated alkanes) is 3. The van der Waals surface area contributed by atoms with Crippen LogP contribution in [0, 0.1) is 5.92 Å². The third-order valence-corrected chi connectivity index (χ3v) is 10.1. The van der Waals surface area contributed by atoms with Crippen molar-refractivity contribution in [3.63, 3.8) is 0 Å². The molecule has 4 aromatic rings. The van der Waals surface area contributed by atoms with Gasteiger partial charge in [0.1, 0.15) is 37.6 Å². The molecule has 9 nitrogen and oxygen atoms in total. The average molecular weight is 793 g/mol. The fourth-order valence-corrected chi connectivity index (χ4v) is 6.79. The highest BCUT2D eigenvalue weighted by atomic mass is 16.7. The minimum atomic E-state index is -0.877. The third kappa shape index (κ3) is 15.3. The van der Waals surface area contributed by atoms with E-state index in [0.717, 1.165) is 54.4 Å². The highest BCUT2D eigenvalue weighted by Gasteiger charge is 2.50. The molecular formula is C49H60O9. The first kappa shape index (κ1) is 44.5. The summed E-state index contributed by atoms with van der Waals surface area (Å²) in [6.07, 6.45) is 2.70. The van der Waals surface area contributed by atoms with Crippen molar-refractivity contribution >= 4 is 11.9 Å². The highest BCUT2D eigenvalue weighted by Crippen LogP contribution is 2.33. The van der Waals surface area contributed by atoms with Gasteiger partial charge in [0.2, 0.25) is 0 Å². The second kappa shape index (κ2) is 25.0. The minimum absolute atomic E-state index is 0.113. The summed E-state index contributed by atoms with van der Waals surface area (Å²) in [7, 11) is 0. The maximum atomic E-state index is 13.2. The number of hydrogen-bond acceptors (Lipinski definition) is 9. The Hall–Kier alpha value is -4.64. The molecule has 1 saturated heterocycles. The number of carbonyl (C=O) groups excluding carboxylic acids is 2. The monoisotopic (exact) mass is 792 g/mol. The smallest absolute Gasteiger partial charge is 0.306 e. The van der Waals surface area contributed by atoms with Crippen LogP contribution in [-0.4, -0.2) is 55.4 Å². The second-order valence-electron chi connectivity index (χ2n) is 15.0. The summed E-state index contributed by atoms with van der Waals surface area (Å²) in [5.74, 6) is -0.848. The van der Waals surface area contributed by atoms with Crippen LogP contribution < -0.4 is 0 Å². The molecule has 0 bridgehead atoms. The maximum absolute atomic E-state index is 13.2. The molecule has 0 aliphatic carbocycles. The lowest BCUT2D eigenvalue weighted by atomic mass is 9.96. The van der Waals surface area contributed by atoms with Gasteiger partial charge >= 0.3 is 11.9 Å². The molecule has 4 aromatic carbocycles. The van der Waals surface area contributed by atoms with Gasteiger partial charge in [0, 0.05) is 0 Å². The Kier molecular flexibility index (Phi) is 19.1. The SMILES string of the molecule is C=CCCCCC[C@H](O[C@@H]1O[C@H](COC(=O)CCC(=O)OCc2ccccc2)[C@@H](OCc2ccccc2)[C@H](OCc2ccccc2)[C@H]1OCc1ccccc1)C(C)C. The van der Waals surface area contributed by atoms with Crippen LogP contribution >= 0.6 is 0 Å². The van der Waals surface area contributed by atoms with Crippen molar-refractivity contribution in [1.29, 1.82) is 0 Å². The molecule has 9 heteroatoms. The van der Waals surface area contributed by atoms with E-state index in [9.17, 15) is 9.59 Å². The molecule has 0 spiro atoms. The molecule has 5 rings (SSSR count). The molecule has 1 aliphatic heterocycles. The van der Waals surface area contributed by atoms with Crippen LogP contribution in [0.15, 0.2) is 134 Å². The van der Waals surface area contributed by atoms with Gasteiger partial charge < -0.3 is 33.2 Å². The van der Waals surface area contributed by atoms with Gasteiger partial charge in [0.25, 0.3) is 0 Å². The quantitative estimate of drug-likeness (QED) is 0.0369. The molecule has 0 unspecified atom stereocenters. The lowest BCUT2D eigenvalue weighted by Gasteiger charge is -2.46. The first-order valence-corrected chi connectivity index (χ1v) is 20.6. The van der Waals surface area contributed by atoms with Crippen molar-refractivity contribution < 1.29 is 42.7 Å². The zero-order chi connectivity index (χ0) is 40.8. The molecule has 0 amide bonds. The normalized spacial score (nSPS) is 19.7. The zero-order valence-corrected chi connectivity index (χ0v) is 34.0. The van der Waals surface area contributed by atoms with Crippen molar-refractivity contribution in [1.82, 2.24) is 0 Å². The van der Waals surface area contributed by atoms with E-state index in [1.165, 1.54) is 0 Å². The zero-order valence-electron chi connectivity index (χ0n) is 34.0. The second-order valence-corrected chi connectivity index (χ2v) is 15.0. The lowest BCUT2D eigenvalue weighted by molar-refractivity contribution is -0.337. The van der Waals surface area contributed by atoms with Gasteiger partial charge in [0.05, 0.1) is 38.8 Å². The number of rotatable bonds is 25. The molecule has 0 N–H and O–H groups in total. The average Bonchev–Trinajstić information content (AvgIpc) is 3.26. The fraction of sp³-hybridized carbons (Fsp3) is 0.429. The van der Waals surface area contributed by atoms with Crippen LogP contribution in [0.5, 0.6) is 0 Å². The highest BCUT2D eigenvalue weighted by molar-refractivity contribution is 5.77. The number of hydrogen-bond donors (Lipinski definition) is 0. The van der Waals surface area contributed by atoms with E-state index in [1.54, 1.807) is 0 Å². The topological polar surface area (TPSA) is 98.8 Å². The predicted molar refractivity (Wildman–Crippen MR) is 223 cm³/mol. The number of benzene rings is 4. The van der Waals surface area contributed by atoms with Crippen LogP contribution in [0.25, 0.3) is 0 Å². The Morgan fingerprint density at radius 3 is 1.57 bits per heavy atom. The molecule has 1 fully saturated rings. The van der Waals surface area contributed by atoms with Crippen LogP contribution in [0.4, 0.5) is 0 Å². The van der Waals surface area contributed by atoms with Gasteiger partial charge in [-0.25, -0.2) is 0 Å². The molecule has 1 aliphatic rings. The minimum Gasteiger partial charge on any atom is -0.463 e. The molecule has 0 radical (unpaired) electrons. The summed E-state index contributed by atoms with van der Waals surface area (Å²) in [5.41, 5.74) is 3.81. The van der Waals surface area contributed by atoms with E-state index in [0.29, 0.717) is 6.61 Å². The molecule has 310 valence electrons. The Morgan fingerprint density at radius 1 is 0.603 bits per heavy atom. The van der Waals surface area contributed by atoms with E-state index in [2.05, 4.69) is 20.4 Å². The molecule has 6 atom stereocenters. The van der Waals surface area contributed by atoms with Crippen molar-refractivity contribution in [3.8, 4) is 0 Å². The standard InChI is InChI=1S/C49H60O9/c1-4-5-6-7-20-29-42(37(2)3)57-49-48(56-35-41-27-18-11-19-28-41)47(55-34-40-25-16-10-17-26-40)46(54-33-39-23-14-9-15-24-39)43(58-49)36-53-45(51)31-30-44(50)52-32-38-21-12-8-13-22-38/h4,8-19,21-28,37,42-43,46-49H,1,5-7,20,29-36H2,2-3H3/t42-,43+,46+,47-,48+,49+/m0/s1. The van der Waals surface area contributed by atoms with Crippen molar-refractivity contribution in [3.05, 3.63) is 156 Å². The van der Waals surface area contributed by atoms with E-state index < -0.39 is 42.6 Å². The van der Waals surface area contributed by atoms with Gasteiger partial charge in [-0.05, 0) is 47.4 Å². The van der Waals surface area contributed by atoms with Crippen LogP contribution in [0.2, 0.25) is 0 Å². The van der Waals surface area contributed by atoms with E-state index >= 15 is 0 Å². The van der Waals surface area contributed by atoms with E-state index in [-0.39, 0.29) is 51.3 Å². The predicted octanol–water partition coefficient (Wildman–Crippen LogP) is 9.71. The number of esters is 2. The van der Waals surface area contributed by atoms with Crippen LogP contribution in [0.3, 0.4) is 0 Å². The fourth-order valence-electron chi connectivity index (χ4n) is 6.79. The number of ether oxygens (including phenoxy) is 7. The molecule has 58 heavy (non-hydrogen) atoms. The number of allylic oxidation sites excluding steroid dienone is 1. The summed E-state index contributed by atoms with van der Waals surface area (Å²) >= 11 is 0. The summed E-state index contributed by atoms with van der Waals surface area (Å²) in [6.45, 7) is 8.98. The maximum Gasteiger partial charge on any atom is 0.306 e. The first-order chi connectivity index (χ1) is 28.4. The van der Waals surface area contributed by atoms with Gasteiger partial charge in [0.15, 0.2) is 6.29 Å². The Balaban J connectivity index is 1.39. The van der Waals surface area contributed by atoms with Crippen molar-refractivity contribution in [2.75, 3.05) is 6.61 Å². The van der Waals surface area contributed by atoms with Crippen molar-refractivity contribution in [2.45, 2.75) is 122 Å². The third-order valence-electron chi connectivity index (χ3n) is 10.1. The van der Waals surface area contributed by atoms with Gasteiger partial charge in [-0.3, -0.25) is 9.59 Å². The Bertz CT molecular complexity index is 1740. The van der Waals surface area contributed by atoms with Gasteiger partial charge in [-0.1, -0.05) is 154 Å². The summed E-state index contributed by atoms with van der Waals surface area (Å²) in [6, 6.07) is 39.2. The first-order valence-electron chi connectivity index (χ1n) is 20.6. The molecular weight excluding hydrogens is 733 g/mol. The van der Waals surface area contributed by atoms with Gasteiger partial charge in [-0.15, -0.1) is 6.58 Å². The van der Waals surface area contributed by atoms with Gasteiger partial charge in [-0.2, -0.15) is 0 Å². The summed E-state index contributed by atoms with van der Waals surface area (Å²) in [4.78, 5) is 25.7. The Labute approximate surface area is 344 Å². The molecule has 1 heterocycles. The largest absolute Gasteiger partial charge is 0.463 e. The van der Waals surface area contributed by atoms with Crippen LogP contribution in [0.1, 0.15) is 81.0 Å². The van der Waals surface area contributed by atoms with Crippen molar-refractivity contribution in [2.24, 2.45) is 5.92 Å². The van der Waals surface area contributed by atoms with E-state index in [4.69, 9.17) is 33.2 Å². The van der Waals surface area contributed by atoms with E-state index in [1.807, 2.05) is 127 Å². The molecule has 0 saturated carbocycles. The number of carbonyl (C=O) groups is 2.